The van der Waals surface area contributed by atoms with E-state index in [-0.39, 0.29) is 11.8 Å². The zero-order chi connectivity index (χ0) is 20.2. The van der Waals surface area contributed by atoms with Gasteiger partial charge in [0.2, 0.25) is 5.91 Å². The summed E-state index contributed by atoms with van der Waals surface area (Å²) in [4.78, 5) is 34.8. The van der Waals surface area contributed by atoms with E-state index in [4.69, 9.17) is 0 Å². The second kappa shape index (κ2) is 8.59. The molecule has 1 aromatic carbocycles. The molecule has 1 aliphatic carbocycles. The Hall–Kier alpha value is -2.96. The van der Waals surface area contributed by atoms with Crippen molar-refractivity contribution < 1.29 is 9.59 Å². The lowest BCUT2D eigenvalue weighted by Crippen LogP contribution is -2.27. The lowest BCUT2D eigenvalue weighted by atomic mass is 10.1. The molecule has 1 saturated heterocycles. The van der Waals surface area contributed by atoms with E-state index < -0.39 is 0 Å². The van der Waals surface area contributed by atoms with Gasteiger partial charge >= 0.3 is 0 Å². The average molecular weight is 393 g/mol. The molecule has 2 fully saturated rings. The number of aryl methyl sites for hydroxylation is 1. The van der Waals surface area contributed by atoms with Crippen molar-refractivity contribution in [2.45, 2.75) is 45.1 Å². The van der Waals surface area contributed by atoms with Gasteiger partial charge in [0, 0.05) is 55.0 Å². The molecule has 29 heavy (non-hydrogen) atoms. The van der Waals surface area contributed by atoms with E-state index >= 15 is 0 Å². The molecular formula is C22H27N5O2. The van der Waals surface area contributed by atoms with Crippen LogP contribution in [0.3, 0.4) is 0 Å². The molecule has 2 aliphatic rings. The molecule has 0 unspecified atom stereocenters. The molecule has 1 saturated carbocycles. The van der Waals surface area contributed by atoms with Crippen LogP contribution >= 0.6 is 0 Å². The molecule has 0 atom stereocenters. The van der Waals surface area contributed by atoms with Crippen molar-refractivity contribution in [1.82, 2.24) is 20.2 Å². The number of nitrogens with zero attached hydrogens (tertiary/aromatic N) is 3. The summed E-state index contributed by atoms with van der Waals surface area (Å²) in [6.07, 6.45) is 6.50. The zero-order valence-electron chi connectivity index (χ0n) is 16.8. The first-order valence-corrected chi connectivity index (χ1v) is 10.4. The normalized spacial score (nSPS) is 16.2. The lowest BCUT2D eigenvalue weighted by molar-refractivity contribution is -0.127. The van der Waals surface area contributed by atoms with Crippen molar-refractivity contribution in [3.05, 3.63) is 41.6 Å². The van der Waals surface area contributed by atoms with E-state index in [1.165, 1.54) is 0 Å². The van der Waals surface area contributed by atoms with Crippen molar-refractivity contribution in [2.75, 3.05) is 25.0 Å². The van der Waals surface area contributed by atoms with Crippen molar-refractivity contribution in [2.24, 2.45) is 0 Å². The fourth-order valence-electron chi connectivity index (χ4n) is 3.44. The van der Waals surface area contributed by atoms with E-state index in [0.29, 0.717) is 23.9 Å². The molecule has 2 aromatic rings. The Morgan fingerprint density at radius 1 is 1.24 bits per heavy atom. The van der Waals surface area contributed by atoms with Crippen LogP contribution in [0, 0.1) is 6.92 Å². The molecule has 7 heteroatoms. The molecule has 7 nitrogen and oxygen atoms in total. The van der Waals surface area contributed by atoms with Gasteiger partial charge in [0.15, 0.2) is 5.82 Å². The number of likely N-dealkylation sites (tertiary alicyclic amines) is 1. The fraction of sp³-hybridized carbons (Fsp3) is 0.455. The van der Waals surface area contributed by atoms with Gasteiger partial charge in [-0.15, -0.1) is 0 Å². The molecule has 2 heterocycles. The lowest BCUT2D eigenvalue weighted by Gasteiger charge is -2.16. The molecule has 0 bridgehead atoms. The molecule has 0 radical (unpaired) electrons. The highest BCUT2D eigenvalue weighted by molar-refractivity contribution is 5.95. The Labute approximate surface area is 170 Å². The molecule has 152 valence electrons. The van der Waals surface area contributed by atoms with E-state index in [1.807, 2.05) is 42.3 Å². The summed E-state index contributed by atoms with van der Waals surface area (Å²) < 4.78 is 0. The standard InChI is InChI=1S/C22H27N5O2/c1-15-14-24-21(16-5-7-17(8-6-16)22(29)25-18-9-10-18)26-20(15)23-11-3-13-27-12-2-4-19(27)28/h5-8,14,18H,2-4,9-13H2,1H3,(H,25,29)(H,23,24,26). The Balaban J connectivity index is 1.35. The third-order valence-corrected chi connectivity index (χ3v) is 5.36. The summed E-state index contributed by atoms with van der Waals surface area (Å²) in [6.45, 7) is 4.39. The minimum atomic E-state index is -0.0253. The molecule has 1 aromatic heterocycles. The van der Waals surface area contributed by atoms with E-state index in [2.05, 4.69) is 20.6 Å². The van der Waals surface area contributed by atoms with Crippen LogP contribution in [0.15, 0.2) is 30.5 Å². The topological polar surface area (TPSA) is 87.2 Å². The van der Waals surface area contributed by atoms with Gasteiger partial charge in [0.25, 0.3) is 5.91 Å². The molecule has 0 spiro atoms. The summed E-state index contributed by atoms with van der Waals surface area (Å²) in [6, 6.07) is 7.75. The summed E-state index contributed by atoms with van der Waals surface area (Å²) >= 11 is 0. The van der Waals surface area contributed by atoms with Crippen LogP contribution in [-0.4, -0.2) is 52.4 Å². The number of nitrogens with one attached hydrogen (secondary N) is 2. The van der Waals surface area contributed by atoms with Gasteiger partial charge in [-0.25, -0.2) is 9.97 Å². The monoisotopic (exact) mass is 393 g/mol. The summed E-state index contributed by atoms with van der Waals surface area (Å²) in [5.74, 6) is 1.67. The molecule has 4 rings (SSSR count). The molecule has 2 amide bonds. The number of amides is 2. The Morgan fingerprint density at radius 3 is 2.72 bits per heavy atom. The van der Waals surface area contributed by atoms with Crippen molar-refractivity contribution in [3.63, 3.8) is 0 Å². The summed E-state index contributed by atoms with van der Waals surface area (Å²) in [5, 5.41) is 6.36. The molecular weight excluding hydrogens is 366 g/mol. The van der Waals surface area contributed by atoms with Gasteiger partial charge < -0.3 is 15.5 Å². The van der Waals surface area contributed by atoms with Gasteiger partial charge in [0.05, 0.1) is 0 Å². The number of rotatable bonds is 8. The van der Waals surface area contributed by atoms with Crippen LogP contribution in [0.25, 0.3) is 11.4 Å². The first-order chi connectivity index (χ1) is 14.1. The maximum Gasteiger partial charge on any atom is 0.251 e. The van der Waals surface area contributed by atoms with Crippen LogP contribution in [-0.2, 0) is 4.79 Å². The predicted molar refractivity (Wildman–Crippen MR) is 112 cm³/mol. The second-order valence-electron chi connectivity index (χ2n) is 7.81. The fourth-order valence-corrected chi connectivity index (χ4v) is 3.44. The highest BCUT2D eigenvalue weighted by atomic mass is 16.2. The summed E-state index contributed by atoms with van der Waals surface area (Å²) in [7, 11) is 0. The number of carbonyl (C=O) groups is 2. The van der Waals surface area contributed by atoms with E-state index in [1.54, 1.807) is 0 Å². The highest BCUT2D eigenvalue weighted by Gasteiger charge is 2.23. The zero-order valence-corrected chi connectivity index (χ0v) is 16.8. The van der Waals surface area contributed by atoms with Crippen molar-refractivity contribution in [1.29, 1.82) is 0 Å². The Morgan fingerprint density at radius 2 is 2.03 bits per heavy atom. The SMILES string of the molecule is Cc1cnc(-c2ccc(C(=O)NC3CC3)cc2)nc1NCCCN1CCCC1=O. The van der Waals surface area contributed by atoms with Gasteiger partial charge in [-0.1, -0.05) is 12.1 Å². The quantitative estimate of drug-likeness (QED) is 0.674. The maximum atomic E-state index is 12.1. The van der Waals surface area contributed by atoms with Crippen LogP contribution in [0.2, 0.25) is 0 Å². The number of anilines is 1. The van der Waals surface area contributed by atoms with Crippen LogP contribution in [0.5, 0.6) is 0 Å². The van der Waals surface area contributed by atoms with Gasteiger partial charge in [-0.05, 0) is 44.7 Å². The Kier molecular flexibility index (Phi) is 5.74. The number of hydrogen-bond donors (Lipinski definition) is 2. The number of carbonyl (C=O) groups excluding carboxylic acids is 2. The van der Waals surface area contributed by atoms with Gasteiger partial charge in [-0.2, -0.15) is 0 Å². The van der Waals surface area contributed by atoms with Gasteiger partial charge in [0.1, 0.15) is 5.82 Å². The second-order valence-corrected chi connectivity index (χ2v) is 7.81. The molecule has 1 aliphatic heterocycles. The van der Waals surface area contributed by atoms with Crippen molar-refractivity contribution in [3.8, 4) is 11.4 Å². The van der Waals surface area contributed by atoms with Gasteiger partial charge in [-0.3, -0.25) is 9.59 Å². The third kappa shape index (κ3) is 4.91. The minimum Gasteiger partial charge on any atom is -0.370 e. The minimum absolute atomic E-state index is 0.0253. The number of aromatic nitrogens is 2. The Bertz CT molecular complexity index is 893. The predicted octanol–water partition coefficient (Wildman–Crippen LogP) is 2.77. The summed E-state index contributed by atoms with van der Waals surface area (Å²) in [5.41, 5.74) is 2.51. The van der Waals surface area contributed by atoms with Crippen LogP contribution in [0.1, 0.15) is 48.0 Å². The first kappa shape index (κ1) is 19.4. The third-order valence-electron chi connectivity index (χ3n) is 5.36. The maximum absolute atomic E-state index is 12.1. The number of benzene rings is 1. The largest absolute Gasteiger partial charge is 0.370 e. The highest BCUT2D eigenvalue weighted by Crippen LogP contribution is 2.22. The average Bonchev–Trinajstić information content (AvgIpc) is 3.45. The first-order valence-electron chi connectivity index (χ1n) is 10.4. The van der Waals surface area contributed by atoms with Crippen molar-refractivity contribution >= 4 is 17.6 Å². The van der Waals surface area contributed by atoms with E-state index in [0.717, 1.165) is 62.3 Å². The molecule has 2 N–H and O–H groups in total. The smallest absolute Gasteiger partial charge is 0.251 e. The van der Waals surface area contributed by atoms with Crippen LogP contribution < -0.4 is 10.6 Å². The number of hydrogen-bond acceptors (Lipinski definition) is 5. The van der Waals surface area contributed by atoms with E-state index in [9.17, 15) is 9.59 Å². The van der Waals surface area contributed by atoms with Crippen LogP contribution in [0.4, 0.5) is 5.82 Å².